The molecule has 104 valence electrons. The molecule has 0 fully saturated rings. The molecule has 1 rings (SSSR count). The fourth-order valence-corrected chi connectivity index (χ4v) is 2.52. The van der Waals surface area contributed by atoms with Gasteiger partial charge in [0.25, 0.3) is 0 Å². The highest BCUT2D eigenvalue weighted by molar-refractivity contribution is 7.99. The van der Waals surface area contributed by atoms with E-state index in [1.807, 2.05) is 0 Å². The smallest absolute Gasteiger partial charge is 0.329 e. The van der Waals surface area contributed by atoms with Crippen molar-refractivity contribution in [2.24, 2.45) is 0 Å². The number of benzene rings is 1. The number of halogens is 1. The summed E-state index contributed by atoms with van der Waals surface area (Å²) in [6.07, 6.45) is 0. The Morgan fingerprint density at radius 2 is 2.21 bits per heavy atom. The number of carbonyl (C=O) groups is 2. The number of nitrogens with two attached hydrogens (primary N) is 1. The maximum atomic E-state index is 11.5. The van der Waals surface area contributed by atoms with Crippen LogP contribution in [0, 0.1) is 0 Å². The van der Waals surface area contributed by atoms with Gasteiger partial charge >= 0.3 is 5.97 Å². The van der Waals surface area contributed by atoms with Gasteiger partial charge in [0.05, 0.1) is 17.8 Å². The van der Waals surface area contributed by atoms with E-state index in [0.717, 1.165) is 4.90 Å². The van der Waals surface area contributed by atoms with Gasteiger partial charge in [0.15, 0.2) is 0 Å². The summed E-state index contributed by atoms with van der Waals surface area (Å²) >= 11 is 7.29. The van der Waals surface area contributed by atoms with Crippen LogP contribution < -0.4 is 11.1 Å². The second kappa shape index (κ2) is 7.25. The van der Waals surface area contributed by atoms with Gasteiger partial charge < -0.3 is 15.8 Å². The van der Waals surface area contributed by atoms with Crippen molar-refractivity contribution in [2.75, 3.05) is 18.6 Å². The number of anilines is 1. The zero-order chi connectivity index (χ0) is 14.4. The van der Waals surface area contributed by atoms with E-state index in [-0.39, 0.29) is 5.91 Å². The Kier molecular flexibility index (Phi) is 5.98. The van der Waals surface area contributed by atoms with Crippen LogP contribution in [0.3, 0.4) is 0 Å². The molecule has 0 bridgehead atoms. The summed E-state index contributed by atoms with van der Waals surface area (Å²) in [6, 6.07) is 4.51. The minimum absolute atomic E-state index is 0.286. The Bertz CT molecular complexity index is 482. The van der Waals surface area contributed by atoms with Gasteiger partial charge in [-0.2, -0.15) is 0 Å². The standard InChI is InChI=1S/C12H15ClN2O3S/c1-7(16)15-11(12(17)18-2)6-19-8-3-4-10(14)9(13)5-8/h3-5,11H,6,14H2,1-2H3,(H,15,16). The third-order valence-electron chi connectivity index (χ3n) is 2.25. The van der Waals surface area contributed by atoms with E-state index in [0.29, 0.717) is 16.5 Å². The molecule has 1 amide bonds. The number of rotatable bonds is 5. The summed E-state index contributed by atoms with van der Waals surface area (Å²) < 4.78 is 4.63. The van der Waals surface area contributed by atoms with E-state index in [4.69, 9.17) is 17.3 Å². The average Bonchev–Trinajstić information content (AvgIpc) is 2.37. The van der Waals surface area contributed by atoms with E-state index < -0.39 is 12.0 Å². The number of thioether (sulfide) groups is 1. The van der Waals surface area contributed by atoms with Gasteiger partial charge in [-0.15, -0.1) is 11.8 Å². The molecule has 0 saturated carbocycles. The van der Waals surface area contributed by atoms with Crippen molar-refractivity contribution in [3.05, 3.63) is 23.2 Å². The van der Waals surface area contributed by atoms with Crippen molar-refractivity contribution in [3.63, 3.8) is 0 Å². The Labute approximate surface area is 120 Å². The molecule has 0 aliphatic rings. The largest absolute Gasteiger partial charge is 0.467 e. The van der Waals surface area contributed by atoms with E-state index >= 15 is 0 Å². The first-order valence-corrected chi connectivity index (χ1v) is 6.83. The minimum atomic E-state index is -0.691. The molecule has 0 spiro atoms. The molecule has 5 nitrogen and oxygen atoms in total. The summed E-state index contributed by atoms with van der Waals surface area (Å²) in [5.41, 5.74) is 6.11. The summed E-state index contributed by atoms with van der Waals surface area (Å²) in [5.74, 6) is -0.414. The minimum Gasteiger partial charge on any atom is -0.467 e. The van der Waals surface area contributed by atoms with E-state index in [1.54, 1.807) is 18.2 Å². The van der Waals surface area contributed by atoms with Crippen molar-refractivity contribution >= 4 is 40.9 Å². The summed E-state index contributed by atoms with van der Waals surface area (Å²) in [4.78, 5) is 23.4. The number of hydrogen-bond acceptors (Lipinski definition) is 5. The molecule has 3 N–H and O–H groups in total. The van der Waals surface area contributed by atoms with Gasteiger partial charge in [0, 0.05) is 17.6 Å². The zero-order valence-corrected chi connectivity index (χ0v) is 12.2. The molecular weight excluding hydrogens is 288 g/mol. The Morgan fingerprint density at radius 3 is 2.74 bits per heavy atom. The molecule has 1 aromatic carbocycles. The van der Waals surface area contributed by atoms with Gasteiger partial charge in [-0.25, -0.2) is 4.79 Å². The monoisotopic (exact) mass is 302 g/mol. The van der Waals surface area contributed by atoms with Crippen LogP contribution in [0.1, 0.15) is 6.92 Å². The fraction of sp³-hybridized carbons (Fsp3) is 0.333. The number of esters is 1. The highest BCUT2D eigenvalue weighted by Gasteiger charge is 2.20. The number of ether oxygens (including phenoxy) is 1. The maximum Gasteiger partial charge on any atom is 0.329 e. The second-order valence-corrected chi connectivity index (χ2v) is 5.27. The summed E-state index contributed by atoms with van der Waals surface area (Å²) in [7, 11) is 1.28. The normalized spacial score (nSPS) is 11.7. The predicted molar refractivity (Wildman–Crippen MR) is 76.2 cm³/mol. The lowest BCUT2D eigenvalue weighted by Gasteiger charge is -2.15. The number of amides is 1. The number of methoxy groups -OCH3 is 1. The number of carbonyl (C=O) groups excluding carboxylic acids is 2. The molecule has 1 unspecified atom stereocenters. The molecule has 0 saturated heterocycles. The number of nitrogen functional groups attached to an aromatic ring is 1. The lowest BCUT2D eigenvalue weighted by Crippen LogP contribution is -2.42. The average molecular weight is 303 g/mol. The van der Waals surface area contributed by atoms with Gasteiger partial charge in [-0.1, -0.05) is 11.6 Å². The summed E-state index contributed by atoms with van der Waals surface area (Å²) in [6.45, 7) is 1.35. The highest BCUT2D eigenvalue weighted by atomic mass is 35.5. The van der Waals surface area contributed by atoms with Crippen LogP contribution in [-0.2, 0) is 14.3 Å². The number of hydrogen-bond donors (Lipinski definition) is 2. The van der Waals surface area contributed by atoms with Gasteiger partial charge in [0.2, 0.25) is 5.91 Å². The fourth-order valence-electron chi connectivity index (χ4n) is 1.33. The number of nitrogens with one attached hydrogen (secondary N) is 1. The van der Waals surface area contributed by atoms with Crippen LogP contribution in [0.15, 0.2) is 23.1 Å². The molecular formula is C12H15ClN2O3S. The quantitative estimate of drug-likeness (QED) is 0.491. The van der Waals surface area contributed by atoms with Crippen LogP contribution in [0.2, 0.25) is 5.02 Å². The first-order chi connectivity index (χ1) is 8.93. The van der Waals surface area contributed by atoms with Crippen molar-refractivity contribution < 1.29 is 14.3 Å². The van der Waals surface area contributed by atoms with E-state index in [9.17, 15) is 9.59 Å². The van der Waals surface area contributed by atoms with Crippen molar-refractivity contribution in [2.45, 2.75) is 17.9 Å². The van der Waals surface area contributed by atoms with Crippen LogP contribution >= 0.6 is 23.4 Å². The topological polar surface area (TPSA) is 81.4 Å². The van der Waals surface area contributed by atoms with Crippen molar-refractivity contribution in [3.8, 4) is 0 Å². The first-order valence-electron chi connectivity index (χ1n) is 5.46. The van der Waals surface area contributed by atoms with Crippen LogP contribution in [0.4, 0.5) is 5.69 Å². The molecule has 0 aliphatic carbocycles. The van der Waals surface area contributed by atoms with E-state index in [2.05, 4.69) is 10.1 Å². The highest BCUT2D eigenvalue weighted by Crippen LogP contribution is 2.26. The Hall–Kier alpha value is -1.40. The van der Waals surface area contributed by atoms with Crippen molar-refractivity contribution in [1.82, 2.24) is 5.32 Å². The lowest BCUT2D eigenvalue weighted by molar-refractivity contribution is -0.144. The first kappa shape index (κ1) is 15.7. The SMILES string of the molecule is COC(=O)C(CSc1ccc(N)c(Cl)c1)NC(C)=O. The van der Waals surface area contributed by atoms with Gasteiger partial charge in [-0.3, -0.25) is 4.79 Å². The van der Waals surface area contributed by atoms with Crippen LogP contribution in [-0.4, -0.2) is 30.8 Å². The molecule has 1 atom stereocenters. The molecule has 0 heterocycles. The molecule has 0 radical (unpaired) electrons. The van der Waals surface area contributed by atoms with Gasteiger partial charge in [0.1, 0.15) is 6.04 Å². The predicted octanol–water partition coefficient (Wildman–Crippen LogP) is 1.69. The maximum absolute atomic E-state index is 11.5. The summed E-state index contributed by atoms with van der Waals surface area (Å²) in [5, 5.41) is 2.99. The Morgan fingerprint density at radius 1 is 1.53 bits per heavy atom. The Balaban J connectivity index is 2.67. The molecule has 1 aromatic rings. The second-order valence-electron chi connectivity index (χ2n) is 3.77. The van der Waals surface area contributed by atoms with Gasteiger partial charge in [-0.05, 0) is 18.2 Å². The molecule has 19 heavy (non-hydrogen) atoms. The molecule has 7 heteroatoms. The van der Waals surface area contributed by atoms with Crippen molar-refractivity contribution in [1.29, 1.82) is 0 Å². The lowest BCUT2D eigenvalue weighted by atomic mass is 10.3. The third kappa shape index (κ3) is 5.00. The van der Waals surface area contributed by atoms with Crippen LogP contribution in [0.5, 0.6) is 0 Å². The van der Waals surface area contributed by atoms with E-state index in [1.165, 1.54) is 25.8 Å². The van der Waals surface area contributed by atoms with Crippen LogP contribution in [0.25, 0.3) is 0 Å². The molecule has 0 aliphatic heterocycles. The zero-order valence-electron chi connectivity index (χ0n) is 10.6. The third-order valence-corrected chi connectivity index (χ3v) is 3.67. The molecule has 0 aromatic heterocycles.